The van der Waals surface area contributed by atoms with E-state index >= 15 is 0 Å². The number of nitrogens with one attached hydrogen (secondary N) is 1. The zero-order valence-electron chi connectivity index (χ0n) is 10.1. The van der Waals surface area contributed by atoms with Crippen molar-refractivity contribution in [1.29, 1.82) is 0 Å². The summed E-state index contributed by atoms with van der Waals surface area (Å²) in [4.78, 5) is 0. The van der Waals surface area contributed by atoms with Gasteiger partial charge in [0.25, 0.3) is 0 Å². The quantitative estimate of drug-likeness (QED) is 0.787. The van der Waals surface area contributed by atoms with Crippen molar-refractivity contribution in [3.05, 3.63) is 29.8 Å². The normalized spacial score (nSPS) is 16.9. The lowest BCUT2D eigenvalue weighted by Crippen LogP contribution is -2.29. The number of halogens is 2. The van der Waals surface area contributed by atoms with E-state index in [1.54, 1.807) is 24.3 Å². The summed E-state index contributed by atoms with van der Waals surface area (Å²) in [5.74, 6) is 0.951. The lowest BCUT2D eigenvalue weighted by molar-refractivity contribution is -0.0498. The fourth-order valence-electron chi connectivity index (χ4n) is 1.85. The van der Waals surface area contributed by atoms with Crippen LogP contribution in [0.15, 0.2) is 24.3 Å². The maximum atomic E-state index is 12.0. The van der Waals surface area contributed by atoms with Crippen LogP contribution in [0.5, 0.6) is 5.75 Å². The Morgan fingerprint density at radius 2 is 1.94 bits per heavy atom. The second-order valence-electron chi connectivity index (χ2n) is 4.59. The minimum atomic E-state index is -2.78. The molecule has 3 nitrogen and oxygen atoms in total. The van der Waals surface area contributed by atoms with E-state index in [9.17, 15) is 8.78 Å². The summed E-state index contributed by atoms with van der Waals surface area (Å²) >= 11 is 0. The van der Waals surface area contributed by atoms with E-state index in [1.165, 1.54) is 12.8 Å². The largest absolute Gasteiger partial charge is 0.435 e. The van der Waals surface area contributed by atoms with E-state index in [0.29, 0.717) is 6.54 Å². The molecule has 1 aliphatic rings. The SMILES string of the molecule is NCC(NCC1CC1)c1ccc(OC(F)F)cc1. The number of rotatable bonds is 7. The van der Waals surface area contributed by atoms with Crippen LogP contribution in [0.25, 0.3) is 0 Å². The molecule has 0 spiro atoms. The zero-order chi connectivity index (χ0) is 13.0. The molecule has 5 heteroatoms. The van der Waals surface area contributed by atoms with Crippen molar-refractivity contribution in [3.63, 3.8) is 0 Å². The monoisotopic (exact) mass is 256 g/mol. The summed E-state index contributed by atoms with van der Waals surface area (Å²) in [6, 6.07) is 6.71. The van der Waals surface area contributed by atoms with Gasteiger partial charge in [-0.3, -0.25) is 0 Å². The molecule has 0 heterocycles. The van der Waals surface area contributed by atoms with Crippen LogP contribution in [0.3, 0.4) is 0 Å². The molecule has 0 saturated heterocycles. The maximum absolute atomic E-state index is 12.0. The number of nitrogens with two attached hydrogens (primary N) is 1. The Bertz CT molecular complexity index is 366. The molecule has 1 atom stereocenters. The highest BCUT2D eigenvalue weighted by atomic mass is 19.3. The van der Waals surface area contributed by atoms with Crippen LogP contribution in [0.1, 0.15) is 24.4 Å². The Morgan fingerprint density at radius 1 is 1.28 bits per heavy atom. The molecule has 0 radical (unpaired) electrons. The zero-order valence-corrected chi connectivity index (χ0v) is 10.1. The molecule has 1 saturated carbocycles. The smallest absolute Gasteiger partial charge is 0.387 e. The predicted octanol–water partition coefficient (Wildman–Crippen LogP) is 2.29. The van der Waals surface area contributed by atoms with Crippen LogP contribution in [0.2, 0.25) is 0 Å². The second-order valence-corrected chi connectivity index (χ2v) is 4.59. The predicted molar refractivity (Wildman–Crippen MR) is 65.6 cm³/mol. The van der Waals surface area contributed by atoms with E-state index in [4.69, 9.17) is 5.73 Å². The highest BCUT2D eigenvalue weighted by molar-refractivity contribution is 5.29. The fraction of sp³-hybridized carbons (Fsp3) is 0.538. The van der Waals surface area contributed by atoms with Gasteiger partial charge in [0.1, 0.15) is 5.75 Å². The summed E-state index contributed by atoms with van der Waals surface area (Å²) in [6.45, 7) is -1.33. The molecule has 0 amide bonds. The number of benzene rings is 1. The average molecular weight is 256 g/mol. The number of ether oxygens (including phenoxy) is 1. The summed E-state index contributed by atoms with van der Waals surface area (Å²) < 4.78 is 28.3. The molecule has 0 bridgehead atoms. The van der Waals surface area contributed by atoms with Crippen LogP contribution < -0.4 is 15.8 Å². The molecule has 18 heavy (non-hydrogen) atoms. The molecule has 0 aliphatic heterocycles. The van der Waals surface area contributed by atoms with E-state index in [-0.39, 0.29) is 11.8 Å². The first-order valence-electron chi connectivity index (χ1n) is 6.17. The van der Waals surface area contributed by atoms with Gasteiger partial charge in [-0.2, -0.15) is 8.78 Å². The maximum Gasteiger partial charge on any atom is 0.387 e. The van der Waals surface area contributed by atoms with E-state index < -0.39 is 6.61 Å². The summed E-state index contributed by atoms with van der Waals surface area (Å²) in [7, 11) is 0. The molecule has 1 aromatic rings. The van der Waals surface area contributed by atoms with Gasteiger partial charge in [0, 0.05) is 12.6 Å². The van der Waals surface area contributed by atoms with Gasteiger partial charge in [-0.05, 0) is 43.0 Å². The van der Waals surface area contributed by atoms with Gasteiger partial charge in [0.05, 0.1) is 0 Å². The first-order chi connectivity index (χ1) is 8.69. The third kappa shape index (κ3) is 3.92. The standard InChI is InChI=1S/C13H18F2N2O/c14-13(15)18-11-5-3-10(4-6-11)12(7-16)17-8-9-1-2-9/h3-6,9,12-13,17H,1-2,7-8,16H2. The van der Waals surface area contributed by atoms with Crippen LogP contribution in [-0.4, -0.2) is 19.7 Å². The first-order valence-corrected chi connectivity index (χ1v) is 6.17. The summed E-state index contributed by atoms with van der Waals surface area (Å²) in [6.07, 6.45) is 2.57. The average Bonchev–Trinajstić information content (AvgIpc) is 3.15. The van der Waals surface area contributed by atoms with Crippen molar-refractivity contribution in [1.82, 2.24) is 5.32 Å². The summed E-state index contributed by atoms with van der Waals surface area (Å²) in [5, 5.41) is 3.39. The van der Waals surface area contributed by atoms with Crippen molar-refractivity contribution < 1.29 is 13.5 Å². The Labute approximate surface area is 105 Å². The fourth-order valence-corrected chi connectivity index (χ4v) is 1.85. The van der Waals surface area contributed by atoms with Gasteiger partial charge in [-0.1, -0.05) is 12.1 Å². The lowest BCUT2D eigenvalue weighted by Gasteiger charge is -2.17. The molecule has 1 fully saturated rings. The van der Waals surface area contributed by atoms with Gasteiger partial charge in [-0.15, -0.1) is 0 Å². The molecule has 0 aromatic heterocycles. The lowest BCUT2D eigenvalue weighted by atomic mass is 10.1. The van der Waals surface area contributed by atoms with Crippen LogP contribution in [-0.2, 0) is 0 Å². The van der Waals surface area contributed by atoms with Gasteiger partial charge in [0.2, 0.25) is 0 Å². The van der Waals surface area contributed by atoms with Crippen molar-refractivity contribution >= 4 is 0 Å². The minimum absolute atomic E-state index is 0.0752. The Balaban J connectivity index is 1.92. The molecular formula is C13H18F2N2O. The highest BCUT2D eigenvalue weighted by Crippen LogP contribution is 2.28. The Kier molecular flexibility index (Phi) is 4.49. The molecule has 1 unspecified atom stereocenters. The molecule has 1 aliphatic carbocycles. The van der Waals surface area contributed by atoms with Crippen LogP contribution in [0, 0.1) is 5.92 Å². The molecule has 2 rings (SSSR count). The van der Waals surface area contributed by atoms with Crippen LogP contribution >= 0.6 is 0 Å². The third-order valence-corrected chi connectivity index (χ3v) is 3.09. The molecule has 100 valence electrons. The Hall–Kier alpha value is -1.20. The van der Waals surface area contributed by atoms with E-state index in [1.807, 2.05) is 0 Å². The van der Waals surface area contributed by atoms with Gasteiger partial charge in [0.15, 0.2) is 0 Å². The van der Waals surface area contributed by atoms with Gasteiger partial charge >= 0.3 is 6.61 Å². The third-order valence-electron chi connectivity index (χ3n) is 3.09. The number of hydrogen-bond donors (Lipinski definition) is 2. The number of alkyl halides is 2. The minimum Gasteiger partial charge on any atom is -0.435 e. The second kappa shape index (κ2) is 6.11. The summed E-state index contributed by atoms with van der Waals surface area (Å²) in [5.41, 5.74) is 6.72. The van der Waals surface area contributed by atoms with Gasteiger partial charge < -0.3 is 15.8 Å². The molecule has 3 N–H and O–H groups in total. The van der Waals surface area contributed by atoms with Crippen molar-refractivity contribution in [2.75, 3.05) is 13.1 Å². The highest BCUT2D eigenvalue weighted by Gasteiger charge is 2.22. The van der Waals surface area contributed by atoms with Crippen LogP contribution in [0.4, 0.5) is 8.78 Å². The Morgan fingerprint density at radius 3 is 2.44 bits per heavy atom. The van der Waals surface area contributed by atoms with Crippen molar-refractivity contribution in [2.45, 2.75) is 25.5 Å². The topological polar surface area (TPSA) is 47.3 Å². The molecule has 1 aromatic carbocycles. The van der Waals surface area contributed by atoms with Gasteiger partial charge in [-0.25, -0.2) is 0 Å². The van der Waals surface area contributed by atoms with Crippen molar-refractivity contribution in [3.8, 4) is 5.75 Å². The van der Waals surface area contributed by atoms with E-state index in [2.05, 4.69) is 10.1 Å². The van der Waals surface area contributed by atoms with E-state index in [0.717, 1.165) is 18.0 Å². The number of hydrogen-bond acceptors (Lipinski definition) is 3. The first kappa shape index (κ1) is 13.2. The van der Waals surface area contributed by atoms with Crippen molar-refractivity contribution in [2.24, 2.45) is 11.7 Å². The molecular weight excluding hydrogens is 238 g/mol.